The predicted molar refractivity (Wildman–Crippen MR) is 82.2 cm³/mol. The van der Waals surface area contributed by atoms with Crippen molar-refractivity contribution in [1.82, 2.24) is 14.5 Å². The predicted octanol–water partition coefficient (Wildman–Crippen LogP) is 2.22. The van der Waals surface area contributed by atoms with Crippen molar-refractivity contribution in [1.29, 1.82) is 0 Å². The Kier molecular flexibility index (Phi) is 3.41. The van der Waals surface area contributed by atoms with Crippen molar-refractivity contribution in [2.75, 3.05) is 5.73 Å². The van der Waals surface area contributed by atoms with E-state index in [9.17, 15) is 0 Å². The van der Waals surface area contributed by atoms with Crippen LogP contribution in [0.1, 0.15) is 5.56 Å². The van der Waals surface area contributed by atoms with Crippen LogP contribution in [0.25, 0.3) is 22.5 Å². The first-order valence-electron chi connectivity index (χ1n) is 6.63. The molecule has 5 heteroatoms. The van der Waals surface area contributed by atoms with E-state index in [1.54, 1.807) is 12.5 Å². The molecule has 0 amide bonds. The van der Waals surface area contributed by atoms with Gasteiger partial charge in [0.15, 0.2) is 0 Å². The highest BCUT2D eigenvalue weighted by Crippen LogP contribution is 2.33. The van der Waals surface area contributed by atoms with Crippen molar-refractivity contribution in [2.24, 2.45) is 7.05 Å². The van der Waals surface area contributed by atoms with Gasteiger partial charge in [0, 0.05) is 24.4 Å². The largest absolute Gasteiger partial charge is 0.392 e. The number of nitrogens with two attached hydrogens (primary N) is 1. The molecule has 106 valence electrons. The van der Waals surface area contributed by atoms with E-state index in [1.807, 2.05) is 48.0 Å². The summed E-state index contributed by atoms with van der Waals surface area (Å²) in [5, 5.41) is 9.13. The zero-order valence-electron chi connectivity index (χ0n) is 11.7. The van der Waals surface area contributed by atoms with Crippen LogP contribution in [0.2, 0.25) is 0 Å². The first-order chi connectivity index (χ1) is 10.2. The van der Waals surface area contributed by atoms with Crippen LogP contribution in [-0.4, -0.2) is 19.6 Å². The number of benzene rings is 1. The summed E-state index contributed by atoms with van der Waals surface area (Å²) < 4.78 is 1.93. The van der Waals surface area contributed by atoms with Gasteiger partial charge < -0.3 is 15.4 Å². The zero-order chi connectivity index (χ0) is 14.8. The zero-order valence-corrected chi connectivity index (χ0v) is 11.7. The average molecular weight is 280 g/mol. The first kappa shape index (κ1) is 13.3. The lowest BCUT2D eigenvalue weighted by Gasteiger charge is -2.09. The van der Waals surface area contributed by atoms with Crippen LogP contribution in [0.4, 0.5) is 5.82 Å². The van der Waals surface area contributed by atoms with Crippen LogP contribution < -0.4 is 5.73 Å². The third-order valence-corrected chi connectivity index (χ3v) is 3.44. The van der Waals surface area contributed by atoms with E-state index < -0.39 is 0 Å². The molecule has 0 saturated heterocycles. The summed E-state index contributed by atoms with van der Waals surface area (Å²) in [4.78, 5) is 8.62. The molecule has 0 aliphatic carbocycles. The maximum atomic E-state index is 9.13. The van der Waals surface area contributed by atoms with E-state index in [-0.39, 0.29) is 6.61 Å². The van der Waals surface area contributed by atoms with Gasteiger partial charge in [-0.25, -0.2) is 9.97 Å². The van der Waals surface area contributed by atoms with Crippen LogP contribution in [0.5, 0.6) is 0 Å². The van der Waals surface area contributed by atoms with Crippen LogP contribution in [0.15, 0.2) is 48.9 Å². The van der Waals surface area contributed by atoms with E-state index in [1.165, 1.54) is 0 Å². The number of anilines is 1. The molecule has 3 N–H and O–H groups in total. The number of aryl methyl sites for hydroxylation is 1. The number of hydrogen-bond acceptors (Lipinski definition) is 4. The van der Waals surface area contributed by atoms with Crippen LogP contribution in [0, 0.1) is 0 Å². The normalized spacial score (nSPS) is 10.8. The molecule has 0 unspecified atom stereocenters. The van der Waals surface area contributed by atoms with Crippen molar-refractivity contribution in [3.8, 4) is 22.5 Å². The van der Waals surface area contributed by atoms with Crippen molar-refractivity contribution in [3.05, 3.63) is 54.5 Å². The molecule has 2 heterocycles. The monoisotopic (exact) mass is 280 g/mol. The second kappa shape index (κ2) is 5.38. The molecule has 0 saturated carbocycles. The van der Waals surface area contributed by atoms with Gasteiger partial charge in [0.25, 0.3) is 0 Å². The Balaban J connectivity index is 2.15. The molecular formula is C16H16N4O. The fourth-order valence-electron chi connectivity index (χ4n) is 2.34. The fraction of sp³-hybridized carbons (Fsp3) is 0.125. The topological polar surface area (TPSA) is 77.0 Å². The molecule has 5 nitrogen and oxygen atoms in total. The molecule has 2 aromatic heterocycles. The van der Waals surface area contributed by atoms with Gasteiger partial charge in [-0.2, -0.15) is 0 Å². The van der Waals surface area contributed by atoms with Crippen LogP contribution in [-0.2, 0) is 13.7 Å². The fourth-order valence-corrected chi connectivity index (χ4v) is 2.34. The molecule has 0 aliphatic rings. The molecule has 0 fully saturated rings. The number of hydrogen-bond donors (Lipinski definition) is 2. The second-order valence-electron chi connectivity index (χ2n) is 4.84. The van der Waals surface area contributed by atoms with Gasteiger partial charge >= 0.3 is 0 Å². The van der Waals surface area contributed by atoms with Gasteiger partial charge in [-0.15, -0.1) is 0 Å². The summed E-state index contributed by atoms with van der Waals surface area (Å²) in [6.07, 6.45) is 3.43. The van der Waals surface area contributed by atoms with Gasteiger partial charge in [-0.05, 0) is 17.7 Å². The molecule has 3 aromatic rings. The van der Waals surface area contributed by atoms with Crippen molar-refractivity contribution in [2.45, 2.75) is 6.61 Å². The number of rotatable bonds is 3. The standard InChI is InChI=1S/C16H16N4O/c1-20-10-19-14(12-6-4-11(9-21)5-7-12)15(20)13-3-2-8-18-16(13)17/h2-8,10,21H,9H2,1H3,(H2,17,18). The molecular weight excluding hydrogens is 264 g/mol. The Hall–Kier alpha value is -2.66. The highest BCUT2D eigenvalue weighted by Gasteiger charge is 2.15. The first-order valence-corrected chi connectivity index (χ1v) is 6.63. The number of nitrogens with zero attached hydrogens (tertiary/aromatic N) is 3. The number of aliphatic hydroxyl groups is 1. The molecule has 0 spiro atoms. The van der Waals surface area contributed by atoms with Gasteiger partial charge in [-0.3, -0.25) is 0 Å². The number of imidazole rings is 1. The second-order valence-corrected chi connectivity index (χ2v) is 4.84. The highest BCUT2D eigenvalue weighted by molar-refractivity contribution is 5.83. The van der Waals surface area contributed by atoms with E-state index in [0.29, 0.717) is 5.82 Å². The summed E-state index contributed by atoms with van der Waals surface area (Å²) in [7, 11) is 1.93. The quantitative estimate of drug-likeness (QED) is 0.771. The molecule has 1 aromatic carbocycles. The third-order valence-electron chi connectivity index (χ3n) is 3.44. The van der Waals surface area contributed by atoms with E-state index >= 15 is 0 Å². The SMILES string of the molecule is Cn1cnc(-c2ccc(CO)cc2)c1-c1cccnc1N. The summed E-state index contributed by atoms with van der Waals surface area (Å²) in [5.74, 6) is 0.481. The Morgan fingerprint density at radius 3 is 2.57 bits per heavy atom. The minimum Gasteiger partial charge on any atom is -0.392 e. The average Bonchev–Trinajstić information content (AvgIpc) is 2.89. The number of pyridine rings is 1. The smallest absolute Gasteiger partial charge is 0.132 e. The molecule has 0 radical (unpaired) electrons. The number of aliphatic hydroxyl groups excluding tert-OH is 1. The van der Waals surface area contributed by atoms with Gasteiger partial charge in [0.1, 0.15) is 5.82 Å². The third kappa shape index (κ3) is 2.39. The van der Waals surface area contributed by atoms with Crippen molar-refractivity contribution in [3.63, 3.8) is 0 Å². The highest BCUT2D eigenvalue weighted by atomic mass is 16.3. The molecule has 3 rings (SSSR count). The Labute approximate surface area is 122 Å². The summed E-state index contributed by atoms with van der Waals surface area (Å²) in [5.41, 5.74) is 10.5. The number of aromatic nitrogens is 3. The van der Waals surface area contributed by atoms with Gasteiger partial charge in [0.05, 0.1) is 24.3 Å². The molecule has 21 heavy (non-hydrogen) atoms. The van der Waals surface area contributed by atoms with Gasteiger partial charge in [0.2, 0.25) is 0 Å². The lowest BCUT2D eigenvalue weighted by molar-refractivity contribution is 0.282. The maximum absolute atomic E-state index is 9.13. The maximum Gasteiger partial charge on any atom is 0.132 e. The Morgan fingerprint density at radius 1 is 1.14 bits per heavy atom. The van der Waals surface area contributed by atoms with E-state index in [4.69, 9.17) is 10.8 Å². The number of nitrogen functional groups attached to an aromatic ring is 1. The Bertz CT molecular complexity index is 762. The minimum absolute atomic E-state index is 0.0326. The lowest BCUT2D eigenvalue weighted by atomic mass is 10.0. The van der Waals surface area contributed by atoms with Crippen LogP contribution in [0.3, 0.4) is 0 Å². The summed E-state index contributed by atoms with van der Waals surface area (Å²) in [6, 6.07) is 11.5. The van der Waals surface area contributed by atoms with Gasteiger partial charge in [-0.1, -0.05) is 24.3 Å². The minimum atomic E-state index is 0.0326. The summed E-state index contributed by atoms with van der Waals surface area (Å²) >= 11 is 0. The lowest BCUT2D eigenvalue weighted by Crippen LogP contribution is -1.98. The molecule has 0 aliphatic heterocycles. The molecule has 0 bridgehead atoms. The molecule has 0 atom stereocenters. The Morgan fingerprint density at radius 2 is 1.90 bits per heavy atom. The van der Waals surface area contributed by atoms with E-state index in [0.717, 1.165) is 28.1 Å². The van der Waals surface area contributed by atoms with E-state index in [2.05, 4.69) is 9.97 Å². The van der Waals surface area contributed by atoms with Crippen molar-refractivity contribution < 1.29 is 5.11 Å². The van der Waals surface area contributed by atoms with Crippen molar-refractivity contribution >= 4 is 5.82 Å². The van der Waals surface area contributed by atoms with Crippen LogP contribution >= 0.6 is 0 Å². The summed E-state index contributed by atoms with van der Waals surface area (Å²) in [6.45, 7) is 0.0326.